The van der Waals surface area contributed by atoms with Crippen LogP contribution in [0.5, 0.6) is 5.75 Å². The van der Waals surface area contributed by atoms with Gasteiger partial charge in [-0.1, -0.05) is 61.9 Å². The molecule has 0 saturated heterocycles. The van der Waals surface area contributed by atoms with Gasteiger partial charge in [0.15, 0.2) is 11.6 Å². The van der Waals surface area contributed by atoms with Crippen molar-refractivity contribution in [2.45, 2.75) is 26.7 Å². The monoisotopic (exact) mass is 396 g/mol. The Bertz CT molecular complexity index is 1010. The fraction of sp³-hybridized carbons (Fsp3) is 0.200. The molecule has 0 atom stereocenters. The van der Waals surface area contributed by atoms with Crippen LogP contribution in [0.15, 0.2) is 54.6 Å². The minimum absolute atomic E-state index is 0.198. The zero-order valence-electron chi connectivity index (χ0n) is 16.5. The van der Waals surface area contributed by atoms with Gasteiger partial charge in [-0.3, -0.25) is 0 Å². The zero-order valence-corrected chi connectivity index (χ0v) is 16.5. The fourth-order valence-electron chi connectivity index (χ4n) is 3.14. The van der Waals surface area contributed by atoms with E-state index in [0.29, 0.717) is 29.9 Å². The molecule has 0 fully saturated rings. The van der Waals surface area contributed by atoms with Crippen molar-refractivity contribution >= 4 is 12.2 Å². The van der Waals surface area contributed by atoms with Crippen LogP contribution in [-0.2, 0) is 6.42 Å². The Morgan fingerprint density at radius 1 is 0.828 bits per heavy atom. The van der Waals surface area contributed by atoms with Crippen molar-refractivity contribution in [3.63, 3.8) is 0 Å². The van der Waals surface area contributed by atoms with Crippen LogP contribution in [0.4, 0.5) is 13.2 Å². The lowest BCUT2D eigenvalue weighted by Crippen LogP contribution is -1.96. The maximum Gasteiger partial charge on any atom is 0.166 e. The first-order chi connectivity index (χ1) is 14.0. The Labute approximate surface area is 169 Å². The van der Waals surface area contributed by atoms with Gasteiger partial charge in [-0.2, -0.15) is 0 Å². The van der Waals surface area contributed by atoms with Crippen molar-refractivity contribution in [2.75, 3.05) is 6.61 Å². The standard InChI is InChI=1S/C25H23F3O/c1-3-5-19-12-13-20(25(28)24(19)27)11-8-17-6-9-18(10-7-17)22-15-14-21(29-4-2)16-23(22)26/h6-16H,3-5H2,1-2H3/b11-8+. The normalized spacial score (nSPS) is 11.2. The average molecular weight is 396 g/mol. The molecule has 1 nitrogen and oxygen atoms in total. The molecule has 0 aliphatic carbocycles. The molecule has 3 aromatic carbocycles. The Kier molecular flexibility index (Phi) is 6.76. The molecule has 0 amide bonds. The van der Waals surface area contributed by atoms with E-state index in [1.807, 2.05) is 13.8 Å². The molecule has 0 radical (unpaired) electrons. The third-order valence-corrected chi connectivity index (χ3v) is 4.64. The number of rotatable bonds is 7. The average Bonchev–Trinajstić information content (AvgIpc) is 2.72. The molecule has 0 aliphatic rings. The summed E-state index contributed by atoms with van der Waals surface area (Å²) < 4.78 is 47.9. The smallest absolute Gasteiger partial charge is 0.166 e. The van der Waals surface area contributed by atoms with Gasteiger partial charge in [0, 0.05) is 17.2 Å². The van der Waals surface area contributed by atoms with Crippen LogP contribution in [-0.4, -0.2) is 6.61 Å². The van der Waals surface area contributed by atoms with Crippen molar-refractivity contribution in [1.29, 1.82) is 0 Å². The summed E-state index contributed by atoms with van der Waals surface area (Å²) in [5, 5.41) is 0. The summed E-state index contributed by atoms with van der Waals surface area (Å²) in [4.78, 5) is 0. The number of aryl methyl sites for hydroxylation is 1. The molecular formula is C25H23F3O. The van der Waals surface area contributed by atoms with Gasteiger partial charge in [-0.15, -0.1) is 0 Å². The number of benzene rings is 3. The highest BCUT2D eigenvalue weighted by molar-refractivity contribution is 5.72. The van der Waals surface area contributed by atoms with Crippen LogP contribution in [0.25, 0.3) is 23.3 Å². The predicted octanol–water partition coefficient (Wildman–Crippen LogP) is 7.29. The van der Waals surface area contributed by atoms with Crippen LogP contribution in [0.3, 0.4) is 0 Å². The van der Waals surface area contributed by atoms with E-state index >= 15 is 0 Å². The van der Waals surface area contributed by atoms with Gasteiger partial charge in [0.1, 0.15) is 11.6 Å². The molecule has 0 saturated carbocycles. The Balaban J connectivity index is 1.78. The second-order valence-electron chi connectivity index (χ2n) is 6.72. The van der Waals surface area contributed by atoms with E-state index in [4.69, 9.17) is 4.74 Å². The molecule has 0 heterocycles. The van der Waals surface area contributed by atoms with Crippen LogP contribution >= 0.6 is 0 Å². The molecule has 150 valence electrons. The van der Waals surface area contributed by atoms with Crippen molar-refractivity contribution in [1.82, 2.24) is 0 Å². The first-order valence-electron chi connectivity index (χ1n) is 9.71. The van der Waals surface area contributed by atoms with E-state index in [-0.39, 0.29) is 11.4 Å². The first kappa shape index (κ1) is 20.7. The minimum Gasteiger partial charge on any atom is -0.494 e. The van der Waals surface area contributed by atoms with Crippen molar-refractivity contribution in [2.24, 2.45) is 0 Å². The predicted molar refractivity (Wildman–Crippen MR) is 112 cm³/mol. The fourth-order valence-corrected chi connectivity index (χ4v) is 3.14. The van der Waals surface area contributed by atoms with Crippen molar-refractivity contribution in [3.8, 4) is 16.9 Å². The lowest BCUT2D eigenvalue weighted by atomic mass is 10.0. The summed E-state index contributed by atoms with van der Waals surface area (Å²) in [5.74, 6) is -1.48. The van der Waals surface area contributed by atoms with Crippen LogP contribution < -0.4 is 4.74 Å². The lowest BCUT2D eigenvalue weighted by Gasteiger charge is -2.08. The number of hydrogen-bond donors (Lipinski definition) is 0. The molecule has 4 heteroatoms. The lowest BCUT2D eigenvalue weighted by molar-refractivity contribution is 0.338. The third-order valence-electron chi connectivity index (χ3n) is 4.64. The number of halogens is 3. The topological polar surface area (TPSA) is 9.23 Å². The highest BCUT2D eigenvalue weighted by Gasteiger charge is 2.11. The summed E-state index contributed by atoms with van der Waals surface area (Å²) in [5.41, 5.74) is 2.60. The van der Waals surface area contributed by atoms with Gasteiger partial charge >= 0.3 is 0 Å². The van der Waals surface area contributed by atoms with E-state index in [0.717, 1.165) is 17.5 Å². The molecule has 0 bridgehead atoms. The van der Waals surface area contributed by atoms with E-state index < -0.39 is 11.6 Å². The summed E-state index contributed by atoms with van der Waals surface area (Å²) in [6, 6.07) is 15.2. The Hall–Kier alpha value is -3.01. The molecule has 0 aromatic heterocycles. The van der Waals surface area contributed by atoms with Crippen molar-refractivity contribution < 1.29 is 17.9 Å². The van der Waals surface area contributed by atoms with Gasteiger partial charge < -0.3 is 4.74 Å². The largest absolute Gasteiger partial charge is 0.494 e. The van der Waals surface area contributed by atoms with Gasteiger partial charge in [0.25, 0.3) is 0 Å². The summed E-state index contributed by atoms with van der Waals surface area (Å²) in [7, 11) is 0. The molecule has 0 aliphatic heterocycles. The van der Waals surface area contributed by atoms with Gasteiger partial charge in [-0.05, 0) is 42.2 Å². The Morgan fingerprint density at radius 2 is 1.59 bits per heavy atom. The summed E-state index contributed by atoms with van der Waals surface area (Å²) in [6.07, 6.45) is 4.51. The summed E-state index contributed by atoms with van der Waals surface area (Å²) in [6.45, 7) is 4.25. The second kappa shape index (κ2) is 9.46. The van der Waals surface area contributed by atoms with Gasteiger partial charge in [0.05, 0.1) is 6.61 Å². The second-order valence-corrected chi connectivity index (χ2v) is 6.72. The van der Waals surface area contributed by atoms with Crippen molar-refractivity contribution in [3.05, 3.63) is 88.7 Å². The Morgan fingerprint density at radius 3 is 2.24 bits per heavy atom. The third kappa shape index (κ3) is 4.89. The zero-order chi connectivity index (χ0) is 20.8. The number of ether oxygens (including phenoxy) is 1. The summed E-state index contributed by atoms with van der Waals surface area (Å²) >= 11 is 0. The first-order valence-corrected chi connectivity index (χ1v) is 9.71. The molecule has 0 unspecified atom stereocenters. The van der Waals surface area contributed by atoms with E-state index in [1.54, 1.807) is 60.7 Å². The van der Waals surface area contributed by atoms with Crippen LogP contribution in [0, 0.1) is 17.5 Å². The molecule has 0 N–H and O–H groups in total. The van der Waals surface area contributed by atoms with E-state index in [2.05, 4.69) is 0 Å². The highest BCUT2D eigenvalue weighted by atomic mass is 19.2. The number of hydrogen-bond acceptors (Lipinski definition) is 1. The quantitative estimate of drug-likeness (QED) is 0.381. The van der Waals surface area contributed by atoms with Gasteiger partial charge in [-0.25, -0.2) is 13.2 Å². The van der Waals surface area contributed by atoms with Crippen LogP contribution in [0.2, 0.25) is 0 Å². The molecule has 29 heavy (non-hydrogen) atoms. The molecule has 3 rings (SSSR count). The van der Waals surface area contributed by atoms with E-state index in [1.165, 1.54) is 6.07 Å². The highest BCUT2D eigenvalue weighted by Crippen LogP contribution is 2.27. The molecule has 0 spiro atoms. The molecular weight excluding hydrogens is 373 g/mol. The SMILES string of the molecule is CCCc1ccc(/C=C/c2ccc(-c3ccc(OCC)cc3F)cc2)c(F)c1F. The maximum absolute atomic E-state index is 14.3. The van der Waals surface area contributed by atoms with Crippen LogP contribution in [0.1, 0.15) is 37.0 Å². The maximum atomic E-state index is 14.3. The van der Waals surface area contributed by atoms with Gasteiger partial charge in [0.2, 0.25) is 0 Å². The van der Waals surface area contributed by atoms with E-state index in [9.17, 15) is 13.2 Å². The molecule has 3 aromatic rings. The minimum atomic E-state index is -0.833.